The van der Waals surface area contributed by atoms with E-state index in [-0.39, 0.29) is 10.9 Å². The van der Waals surface area contributed by atoms with E-state index in [1.54, 1.807) is 13.0 Å². The fourth-order valence-corrected chi connectivity index (χ4v) is 4.47. The molecule has 120 valence electrons. The standard InChI is InChI=1S/C16H23N3O2S/c1-12-9-15(8-7-14(12)10-17)22(20,21)19-16(11-18)13-5-3-2-4-6-13/h7-9,13,16,19H,2-6,11,18H2,1H3. The van der Waals surface area contributed by atoms with Crippen LogP contribution >= 0.6 is 0 Å². The molecule has 5 nitrogen and oxygen atoms in total. The minimum absolute atomic E-state index is 0.193. The SMILES string of the molecule is Cc1cc(S(=O)(=O)NC(CN)C2CCCCC2)ccc1C#N. The molecular formula is C16H23N3O2S. The van der Waals surface area contributed by atoms with Crippen molar-refractivity contribution in [3.63, 3.8) is 0 Å². The number of benzene rings is 1. The van der Waals surface area contributed by atoms with E-state index < -0.39 is 10.0 Å². The topological polar surface area (TPSA) is 96.0 Å². The Morgan fingerprint density at radius 1 is 1.36 bits per heavy atom. The molecule has 1 fully saturated rings. The molecule has 0 saturated heterocycles. The molecule has 1 aromatic carbocycles. The molecule has 0 heterocycles. The second-order valence-corrected chi connectivity index (χ2v) is 7.66. The van der Waals surface area contributed by atoms with Gasteiger partial charge in [-0.2, -0.15) is 5.26 Å². The van der Waals surface area contributed by atoms with Gasteiger partial charge in [-0.15, -0.1) is 0 Å². The third kappa shape index (κ3) is 3.86. The molecule has 0 bridgehead atoms. The molecule has 1 atom stereocenters. The normalized spacial score (nSPS) is 17.9. The molecular weight excluding hydrogens is 298 g/mol. The van der Waals surface area contributed by atoms with Crippen LogP contribution in [-0.4, -0.2) is 21.0 Å². The Kier molecular flexibility index (Phi) is 5.57. The van der Waals surface area contributed by atoms with Gasteiger partial charge in [0.15, 0.2) is 0 Å². The van der Waals surface area contributed by atoms with E-state index in [1.165, 1.54) is 18.6 Å². The molecule has 0 aromatic heterocycles. The first-order valence-corrected chi connectivity index (χ1v) is 9.19. The van der Waals surface area contributed by atoms with Crippen molar-refractivity contribution in [2.45, 2.75) is 50.0 Å². The van der Waals surface area contributed by atoms with Crippen LogP contribution in [0.3, 0.4) is 0 Å². The maximum absolute atomic E-state index is 12.5. The lowest BCUT2D eigenvalue weighted by Gasteiger charge is -2.29. The minimum Gasteiger partial charge on any atom is -0.329 e. The predicted octanol–water partition coefficient (Wildman–Crippen LogP) is 2.05. The predicted molar refractivity (Wildman–Crippen MR) is 85.6 cm³/mol. The number of hydrogen-bond donors (Lipinski definition) is 2. The summed E-state index contributed by atoms with van der Waals surface area (Å²) in [5.41, 5.74) is 6.94. The number of rotatable bonds is 5. The summed E-state index contributed by atoms with van der Waals surface area (Å²) in [5, 5.41) is 8.93. The highest BCUT2D eigenvalue weighted by Gasteiger charge is 2.27. The lowest BCUT2D eigenvalue weighted by molar-refractivity contribution is 0.294. The summed E-state index contributed by atoms with van der Waals surface area (Å²) in [6, 6.07) is 6.38. The van der Waals surface area contributed by atoms with E-state index in [4.69, 9.17) is 11.0 Å². The number of nitrogens with zero attached hydrogens (tertiary/aromatic N) is 1. The van der Waals surface area contributed by atoms with Gasteiger partial charge in [0.05, 0.1) is 16.5 Å². The van der Waals surface area contributed by atoms with Gasteiger partial charge < -0.3 is 5.73 Å². The number of hydrogen-bond acceptors (Lipinski definition) is 4. The Bertz CT molecular complexity index is 658. The first-order valence-electron chi connectivity index (χ1n) is 7.71. The molecule has 0 radical (unpaired) electrons. The second-order valence-electron chi connectivity index (χ2n) is 5.95. The summed E-state index contributed by atoms with van der Waals surface area (Å²) >= 11 is 0. The average molecular weight is 321 g/mol. The summed E-state index contributed by atoms with van der Waals surface area (Å²) in [5.74, 6) is 0.313. The second kappa shape index (κ2) is 7.23. The summed E-state index contributed by atoms with van der Waals surface area (Å²) in [7, 11) is -3.61. The van der Waals surface area contributed by atoms with Gasteiger partial charge in [0.2, 0.25) is 10.0 Å². The van der Waals surface area contributed by atoms with Gasteiger partial charge in [0, 0.05) is 12.6 Å². The van der Waals surface area contributed by atoms with Gasteiger partial charge >= 0.3 is 0 Å². The van der Waals surface area contributed by atoms with Crippen LogP contribution in [0, 0.1) is 24.2 Å². The van der Waals surface area contributed by atoms with Crippen molar-refractivity contribution in [3.05, 3.63) is 29.3 Å². The Hall–Kier alpha value is -1.42. The van der Waals surface area contributed by atoms with Crippen molar-refractivity contribution in [1.29, 1.82) is 5.26 Å². The van der Waals surface area contributed by atoms with Crippen LogP contribution in [0.4, 0.5) is 0 Å². The van der Waals surface area contributed by atoms with Crippen molar-refractivity contribution in [2.24, 2.45) is 11.7 Å². The van der Waals surface area contributed by atoms with Gasteiger partial charge in [-0.05, 0) is 49.4 Å². The van der Waals surface area contributed by atoms with E-state index in [9.17, 15) is 8.42 Å². The van der Waals surface area contributed by atoms with Gasteiger partial charge in [-0.3, -0.25) is 0 Å². The number of sulfonamides is 1. The molecule has 1 aliphatic carbocycles. The van der Waals surface area contributed by atoms with Crippen LogP contribution in [0.1, 0.15) is 43.2 Å². The van der Waals surface area contributed by atoms with Gasteiger partial charge in [-0.25, -0.2) is 13.1 Å². The van der Waals surface area contributed by atoms with Crippen LogP contribution in [-0.2, 0) is 10.0 Å². The molecule has 6 heteroatoms. The van der Waals surface area contributed by atoms with Crippen LogP contribution < -0.4 is 10.5 Å². The smallest absolute Gasteiger partial charge is 0.240 e. The van der Waals surface area contributed by atoms with Crippen LogP contribution in [0.15, 0.2) is 23.1 Å². The zero-order valence-electron chi connectivity index (χ0n) is 12.9. The van der Waals surface area contributed by atoms with Crippen molar-refractivity contribution < 1.29 is 8.42 Å². The number of nitrogens with one attached hydrogen (secondary N) is 1. The van der Waals surface area contributed by atoms with Crippen molar-refractivity contribution in [1.82, 2.24) is 4.72 Å². The molecule has 0 aliphatic heterocycles. The summed E-state index contributed by atoms with van der Waals surface area (Å²) in [6.45, 7) is 2.04. The monoisotopic (exact) mass is 321 g/mol. The van der Waals surface area contributed by atoms with E-state index in [2.05, 4.69) is 4.72 Å². The zero-order valence-corrected chi connectivity index (χ0v) is 13.7. The third-order valence-electron chi connectivity index (χ3n) is 4.41. The average Bonchev–Trinajstić information content (AvgIpc) is 2.53. The molecule has 1 saturated carbocycles. The van der Waals surface area contributed by atoms with Gasteiger partial charge in [-0.1, -0.05) is 19.3 Å². The van der Waals surface area contributed by atoms with E-state index in [0.717, 1.165) is 25.7 Å². The summed E-state index contributed by atoms with van der Waals surface area (Å²) in [6.07, 6.45) is 5.54. The molecule has 2 rings (SSSR count). The molecule has 1 unspecified atom stereocenters. The van der Waals surface area contributed by atoms with E-state index in [0.29, 0.717) is 23.6 Å². The first kappa shape index (κ1) is 16.9. The summed E-state index contributed by atoms with van der Waals surface area (Å²) in [4.78, 5) is 0.193. The van der Waals surface area contributed by atoms with Crippen molar-refractivity contribution >= 4 is 10.0 Å². The van der Waals surface area contributed by atoms with E-state index >= 15 is 0 Å². The number of nitrogens with two attached hydrogens (primary N) is 1. The maximum Gasteiger partial charge on any atom is 0.240 e. The largest absolute Gasteiger partial charge is 0.329 e. The Balaban J connectivity index is 2.18. The van der Waals surface area contributed by atoms with Gasteiger partial charge in [0.1, 0.15) is 0 Å². The lowest BCUT2D eigenvalue weighted by Crippen LogP contribution is -2.45. The zero-order chi connectivity index (χ0) is 16.2. The number of nitriles is 1. The molecule has 0 amide bonds. The fraction of sp³-hybridized carbons (Fsp3) is 0.562. The summed E-state index contributed by atoms with van der Waals surface area (Å²) < 4.78 is 27.9. The molecule has 1 aromatic rings. The first-order chi connectivity index (χ1) is 10.5. The third-order valence-corrected chi connectivity index (χ3v) is 5.90. The Morgan fingerprint density at radius 3 is 2.59 bits per heavy atom. The lowest BCUT2D eigenvalue weighted by atomic mass is 9.84. The highest BCUT2D eigenvalue weighted by atomic mass is 32.2. The Labute approximate surface area is 132 Å². The minimum atomic E-state index is -3.61. The van der Waals surface area contributed by atoms with E-state index in [1.807, 2.05) is 6.07 Å². The van der Waals surface area contributed by atoms with Crippen LogP contribution in [0.5, 0.6) is 0 Å². The number of aryl methyl sites for hydroxylation is 1. The van der Waals surface area contributed by atoms with Gasteiger partial charge in [0.25, 0.3) is 0 Å². The van der Waals surface area contributed by atoms with Crippen molar-refractivity contribution in [3.8, 4) is 6.07 Å². The fourth-order valence-electron chi connectivity index (χ4n) is 3.07. The van der Waals surface area contributed by atoms with Crippen molar-refractivity contribution in [2.75, 3.05) is 6.54 Å². The quantitative estimate of drug-likeness (QED) is 0.867. The maximum atomic E-state index is 12.5. The van der Waals surface area contributed by atoms with Crippen LogP contribution in [0.2, 0.25) is 0 Å². The Morgan fingerprint density at radius 2 is 2.05 bits per heavy atom. The molecule has 3 N–H and O–H groups in total. The highest BCUT2D eigenvalue weighted by molar-refractivity contribution is 7.89. The molecule has 22 heavy (non-hydrogen) atoms. The molecule has 0 spiro atoms. The highest BCUT2D eigenvalue weighted by Crippen LogP contribution is 2.27. The van der Waals surface area contributed by atoms with Crippen LogP contribution in [0.25, 0.3) is 0 Å². The molecule has 1 aliphatic rings.